The first kappa shape index (κ1) is 18.7. The van der Waals surface area contributed by atoms with E-state index in [-0.39, 0.29) is 11.2 Å². The van der Waals surface area contributed by atoms with Gasteiger partial charge in [-0.15, -0.1) is 5.10 Å². The predicted molar refractivity (Wildman–Crippen MR) is 109 cm³/mol. The number of aromatic nitrogens is 4. The molecule has 0 radical (unpaired) electrons. The number of tetrazole rings is 1. The van der Waals surface area contributed by atoms with Crippen molar-refractivity contribution in [2.24, 2.45) is 0 Å². The van der Waals surface area contributed by atoms with Gasteiger partial charge in [-0.25, -0.2) is 0 Å². The molecule has 2 heterocycles. The molecule has 2 aromatic carbocycles. The highest BCUT2D eigenvalue weighted by Crippen LogP contribution is 2.37. The first-order chi connectivity index (χ1) is 13.6. The second-order valence-electron chi connectivity index (χ2n) is 7.08. The second kappa shape index (κ2) is 8.14. The van der Waals surface area contributed by atoms with Gasteiger partial charge < -0.3 is 4.90 Å². The summed E-state index contributed by atoms with van der Waals surface area (Å²) in [6.45, 7) is 5.80. The molecule has 0 spiro atoms. The molecule has 4 rings (SSSR count). The zero-order valence-electron chi connectivity index (χ0n) is 16.1. The van der Waals surface area contributed by atoms with E-state index in [9.17, 15) is 4.79 Å². The number of thioether (sulfide) groups is 1. The Bertz CT molecular complexity index is 966. The fourth-order valence-corrected chi connectivity index (χ4v) is 4.45. The van der Waals surface area contributed by atoms with Crippen molar-refractivity contribution in [1.29, 1.82) is 0 Å². The largest absolute Gasteiger partial charge is 0.341 e. The van der Waals surface area contributed by atoms with E-state index in [4.69, 9.17) is 0 Å². The van der Waals surface area contributed by atoms with Gasteiger partial charge >= 0.3 is 0 Å². The van der Waals surface area contributed by atoms with E-state index in [0.717, 1.165) is 37.2 Å². The van der Waals surface area contributed by atoms with Crippen molar-refractivity contribution in [3.63, 3.8) is 0 Å². The Morgan fingerprint density at radius 3 is 2.50 bits per heavy atom. The minimum atomic E-state index is -0.365. The Morgan fingerprint density at radius 2 is 1.79 bits per heavy atom. The highest BCUT2D eigenvalue weighted by atomic mass is 32.2. The Labute approximate surface area is 168 Å². The van der Waals surface area contributed by atoms with Crippen molar-refractivity contribution in [3.05, 3.63) is 65.2 Å². The van der Waals surface area contributed by atoms with Crippen LogP contribution in [0.2, 0.25) is 0 Å². The first-order valence-electron chi connectivity index (χ1n) is 9.50. The van der Waals surface area contributed by atoms with Crippen molar-refractivity contribution in [2.75, 3.05) is 13.1 Å². The van der Waals surface area contributed by atoms with Gasteiger partial charge in [-0.3, -0.25) is 4.79 Å². The Kier molecular flexibility index (Phi) is 5.43. The van der Waals surface area contributed by atoms with Gasteiger partial charge in [0.05, 0.1) is 5.69 Å². The van der Waals surface area contributed by atoms with Gasteiger partial charge in [0.25, 0.3) is 0 Å². The van der Waals surface area contributed by atoms with Crippen LogP contribution in [-0.2, 0) is 4.79 Å². The summed E-state index contributed by atoms with van der Waals surface area (Å²) in [7, 11) is 0. The summed E-state index contributed by atoms with van der Waals surface area (Å²) < 4.78 is 1.71. The fraction of sp³-hybridized carbons (Fsp3) is 0.333. The predicted octanol–water partition coefficient (Wildman–Crippen LogP) is 3.73. The molecule has 0 aliphatic carbocycles. The number of carbonyl (C=O) groups excluding carboxylic acids is 1. The van der Waals surface area contributed by atoms with Crippen molar-refractivity contribution in [3.8, 4) is 5.69 Å². The quantitative estimate of drug-likeness (QED) is 0.618. The molecule has 3 aromatic rings. The van der Waals surface area contributed by atoms with E-state index in [1.54, 1.807) is 4.68 Å². The third-order valence-corrected chi connectivity index (χ3v) is 6.32. The lowest BCUT2D eigenvalue weighted by Gasteiger charge is -2.22. The van der Waals surface area contributed by atoms with Crippen LogP contribution >= 0.6 is 11.8 Å². The van der Waals surface area contributed by atoms with Crippen LogP contribution in [0.3, 0.4) is 0 Å². The zero-order chi connectivity index (χ0) is 19.5. The topological polar surface area (TPSA) is 63.9 Å². The average Bonchev–Trinajstić information content (AvgIpc) is 3.40. The van der Waals surface area contributed by atoms with Crippen LogP contribution in [0.4, 0.5) is 0 Å². The van der Waals surface area contributed by atoms with Gasteiger partial charge in [0.2, 0.25) is 11.1 Å². The van der Waals surface area contributed by atoms with E-state index in [1.807, 2.05) is 41.3 Å². The molecular weight excluding hydrogens is 370 g/mol. The molecule has 1 atom stereocenters. The van der Waals surface area contributed by atoms with Crippen molar-refractivity contribution in [2.45, 2.75) is 37.1 Å². The molecule has 1 aliphatic heterocycles. The van der Waals surface area contributed by atoms with Gasteiger partial charge in [-0.2, -0.15) is 4.68 Å². The van der Waals surface area contributed by atoms with Crippen molar-refractivity contribution in [1.82, 2.24) is 25.1 Å². The third-order valence-electron chi connectivity index (χ3n) is 5.14. The lowest BCUT2D eigenvalue weighted by atomic mass is 10.1. The summed E-state index contributed by atoms with van der Waals surface area (Å²) in [5.74, 6) is 0.128. The molecule has 0 unspecified atom stereocenters. The maximum absolute atomic E-state index is 13.2. The molecule has 1 saturated heterocycles. The summed E-state index contributed by atoms with van der Waals surface area (Å²) in [5.41, 5.74) is 4.27. The van der Waals surface area contributed by atoms with Gasteiger partial charge in [0.15, 0.2) is 0 Å². The molecule has 1 aliphatic rings. The molecular formula is C21H23N5OS. The number of aryl methyl sites for hydroxylation is 2. The lowest BCUT2D eigenvalue weighted by molar-refractivity contribution is -0.129. The Hall–Kier alpha value is -2.67. The van der Waals surface area contributed by atoms with E-state index in [2.05, 4.69) is 41.5 Å². The Balaban J connectivity index is 1.67. The SMILES string of the molecule is Cc1ccc(-n2nnnc2S[C@H](C(=O)N2CCCC2)c2ccccc2)cc1C. The molecule has 6 nitrogen and oxygen atoms in total. The number of hydrogen-bond donors (Lipinski definition) is 0. The summed E-state index contributed by atoms with van der Waals surface area (Å²) in [4.78, 5) is 15.2. The maximum atomic E-state index is 13.2. The van der Waals surface area contributed by atoms with E-state index >= 15 is 0 Å². The van der Waals surface area contributed by atoms with Gasteiger partial charge in [-0.05, 0) is 65.9 Å². The molecule has 1 amide bonds. The molecule has 0 N–H and O–H groups in total. The van der Waals surface area contributed by atoms with Crippen LogP contribution in [0.5, 0.6) is 0 Å². The normalized spacial score (nSPS) is 15.0. The zero-order valence-corrected chi connectivity index (χ0v) is 16.9. The fourth-order valence-electron chi connectivity index (χ4n) is 3.37. The standard InChI is InChI=1S/C21H23N5OS/c1-15-10-11-18(14-16(15)2)26-21(22-23-24-26)28-19(17-8-4-3-5-9-17)20(27)25-12-6-7-13-25/h3-5,8-11,14,19H,6-7,12-13H2,1-2H3/t19-/m0/s1. The third kappa shape index (κ3) is 3.80. The summed E-state index contributed by atoms with van der Waals surface area (Å²) in [6, 6.07) is 16.0. The Morgan fingerprint density at radius 1 is 1.04 bits per heavy atom. The van der Waals surface area contributed by atoms with Gasteiger partial charge in [0, 0.05) is 13.1 Å². The van der Waals surface area contributed by atoms with E-state index in [0.29, 0.717) is 5.16 Å². The van der Waals surface area contributed by atoms with Crippen molar-refractivity contribution < 1.29 is 4.79 Å². The molecule has 0 saturated carbocycles. The molecule has 7 heteroatoms. The van der Waals surface area contributed by atoms with Crippen LogP contribution < -0.4 is 0 Å². The highest BCUT2D eigenvalue weighted by molar-refractivity contribution is 8.00. The van der Waals surface area contributed by atoms with Crippen molar-refractivity contribution >= 4 is 17.7 Å². The molecule has 28 heavy (non-hydrogen) atoms. The number of rotatable bonds is 5. The summed E-state index contributed by atoms with van der Waals surface area (Å²) in [5, 5.41) is 12.5. The molecule has 1 aromatic heterocycles. The number of nitrogens with zero attached hydrogens (tertiary/aromatic N) is 5. The van der Waals surface area contributed by atoms with Crippen LogP contribution in [-0.4, -0.2) is 44.1 Å². The number of carbonyl (C=O) groups is 1. The summed E-state index contributed by atoms with van der Waals surface area (Å²) in [6.07, 6.45) is 2.14. The number of likely N-dealkylation sites (tertiary alicyclic amines) is 1. The van der Waals surface area contributed by atoms with E-state index < -0.39 is 0 Å². The lowest BCUT2D eigenvalue weighted by Crippen LogP contribution is -2.31. The van der Waals surface area contributed by atoms with Crippen LogP contribution in [0, 0.1) is 13.8 Å². The van der Waals surface area contributed by atoms with Gasteiger partial charge in [0.1, 0.15) is 5.25 Å². The highest BCUT2D eigenvalue weighted by Gasteiger charge is 2.30. The minimum Gasteiger partial charge on any atom is -0.341 e. The smallest absolute Gasteiger partial charge is 0.240 e. The number of benzene rings is 2. The minimum absolute atomic E-state index is 0.128. The first-order valence-corrected chi connectivity index (χ1v) is 10.4. The monoisotopic (exact) mass is 393 g/mol. The second-order valence-corrected chi connectivity index (χ2v) is 8.16. The van der Waals surface area contributed by atoms with Crippen LogP contribution in [0.1, 0.15) is 34.8 Å². The number of hydrogen-bond acceptors (Lipinski definition) is 5. The average molecular weight is 394 g/mol. The van der Waals surface area contributed by atoms with Crippen LogP contribution in [0.25, 0.3) is 5.69 Å². The molecule has 144 valence electrons. The summed E-state index contributed by atoms with van der Waals surface area (Å²) >= 11 is 1.41. The number of amides is 1. The molecule has 1 fully saturated rings. The van der Waals surface area contributed by atoms with E-state index in [1.165, 1.54) is 22.9 Å². The van der Waals surface area contributed by atoms with Crippen LogP contribution in [0.15, 0.2) is 53.7 Å². The maximum Gasteiger partial charge on any atom is 0.240 e. The molecule has 0 bridgehead atoms. The van der Waals surface area contributed by atoms with Gasteiger partial charge in [-0.1, -0.05) is 48.2 Å².